The quantitative estimate of drug-likeness (QED) is 0.699. The highest BCUT2D eigenvalue weighted by Gasteiger charge is 2.48. The molecule has 2 atom stereocenters. The van der Waals surface area contributed by atoms with E-state index in [0.717, 1.165) is 44.7 Å². The first-order chi connectivity index (χ1) is 10.1. The first-order valence-corrected chi connectivity index (χ1v) is 8.64. The van der Waals surface area contributed by atoms with Crippen LogP contribution in [0.15, 0.2) is 0 Å². The molecule has 2 aliphatic carbocycles. The van der Waals surface area contributed by atoms with Gasteiger partial charge in [-0.15, -0.1) is 0 Å². The van der Waals surface area contributed by atoms with Crippen LogP contribution >= 0.6 is 0 Å². The van der Waals surface area contributed by atoms with Gasteiger partial charge in [0.05, 0.1) is 7.11 Å². The van der Waals surface area contributed by atoms with Gasteiger partial charge in [0.15, 0.2) is 0 Å². The lowest BCUT2D eigenvalue weighted by molar-refractivity contribution is -0.150. The average molecular weight is 296 g/mol. The summed E-state index contributed by atoms with van der Waals surface area (Å²) in [6, 6.07) is 0. The Morgan fingerprint density at radius 1 is 1.33 bits per heavy atom. The molecular weight excluding hydrogens is 264 g/mol. The molecule has 2 rings (SSSR count). The highest BCUT2D eigenvalue weighted by atomic mass is 16.5. The third-order valence-electron chi connectivity index (χ3n) is 5.52. The fourth-order valence-corrected chi connectivity index (χ4v) is 4.12. The Bertz CT molecular complexity index is 344. The Morgan fingerprint density at radius 2 is 2.10 bits per heavy atom. The van der Waals surface area contributed by atoms with Gasteiger partial charge in [0, 0.05) is 6.54 Å². The molecule has 2 aliphatic rings. The van der Waals surface area contributed by atoms with Gasteiger partial charge in [-0.1, -0.05) is 19.8 Å². The summed E-state index contributed by atoms with van der Waals surface area (Å²) in [4.78, 5) is 14.8. The Labute approximate surface area is 129 Å². The molecule has 1 N–H and O–H groups in total. The number of nitrogens with zero attached hydrogens (tertiary/aromatic N) is 1. The SMILES string of the molecule is CCNC1(C(=O)OC)CCCC1CCN(C)CC1CCC1. The minimum absolute atomic E-state index is 0.0616. The molecule has 0 spiro atoms. The molecule has 0 aliphatic heterocycles. The van der Waals surface area contributed by atoms with Crippen LogP contribution in [0, 0.1) is 11.8 Å². The number of hydrogen-bond donors (Lipinski definition) is 1. The molecule has 2 saturated carbocycles. The van der Waals surface area contributed by atoms with E-state index in [-0.39, 0.29) is 5.97 Å². The second-order valence-corrected chi connectivity index (χ2v) is 6.93. The van der Waals surface area contributed by atoms with E-state index in [4.69, 9.17) is 4.74 Å². The standard InChI is InChI=1S/C17H32N2O2/c1-4-18-17(16(20)21-3)11-6-9-15(17)10-12-19(2)13-14-7-5-8-14/h14-15,18H,4-13H2,1-3H3. The molecule has 0 aromatic rings. The highest BCUT2D eigenvalue weighted by Crippen LogP contribution is 2.39. The molecule has 2 unspecified atom stereocenters. The fourth-order valence-electron chi connectivity index (χ4n) is 4.12. The fraction of sp³-hybridized carbons (Fsp3) is 0.941. The van der Waals surface area contributed by atoms with Crippen molar-refractivity contribution in [1.82, 2.24) is 10.2 Å². The van der Waals surface area contributed by atoms with Gasteiger partial charge in [-0.05, 0) is 64.1 Å². The molecule has 21 heavy (non-hydrogen) atoms. The van der Waals surface area contributed by atoms with E-state index in [1.165, 1.54) is 32.9 Å². The first kappa shape index (κ1) is 16.8. The number of hydrogen-bond acceptors (Lipinski definition) is 4. The molecule has 4 heteroatoms. The maximum Gasteiger partial charge on any atom is 0.326 e. The lowest BCUT2D eigenvalue weighted by Gasteiger charge is -2.35. The van der Waals surface area contributed by atoms with Gasteiger partial charge >= 0.3 is 5.97 Å². The van der Waals surface area contributed by atoms with Crippen LogP contribution in [0.4, 0.5) is 0 Å². The van der Waals surface area contributed by atoms with Crippen LogP contribution < -0.4 is 5.32 Å². The van der Waals surface area contributed by atoms with Gasteiger partial charge < -0.3 is 15.0 Å². The summed E-state index contributed by atoms with van der Waals surface area (Å²) in [5.74, 6) is 1.26. The summed E-state index contributed by atoms with van der Waals surface area (Å²) in [5, 5.41) is 3.45. The number of esters is 1. The Balaban J connectivity index is 1.88. The van der Waals surface area contributed by atoms with Gasteiger partial charge in [-0.2, -0.15) is 0 Å². The summed E-state index contributed by atoms with van der Waals surface area (Å²) >= 11 is 0. The molecule has 0 bridgehead atoms. The van der Waals surface area contributed by atoms with Crippen molar-refractivity contribution < 1.29 is 9.53 Å². The molecule has 0 saturated heterocycles. The van der Waals surface area contributed by atoms with Gasteiger partial charge in [0.2, 0.25) is 0 Å². The number of rotatable bonds is 8. The molecule has 0 aromatic carbocycles. The average Bonchev–Trinajstić information content (AvgIpc) is 2.84. The third kappa shape index (κ3) is 3.78. The summed E-state index contributed by atoms with van der Waals surface area (Å²) in [6.07, 6.45) is 8.48. The van der Waals surface area contributed by atoms with Crippen molar-refractivity contribution in [3.63, 3.8) is 0 Å². The molecule has 4 nitrogen and oxygen atoms in total. The topological polar surface area (TPSA) is 41.6 Å². The smallest absolute Gasteiger partial charge is 0.326 e. The van der Waals surface area contributed by atoms with Gasteiger partial charge in [0.25, 0.3) is 0 Å². The summed E-state index contributed by atoms with van der Waals surface area (Å²) < 4.78 is 5.10. The van der Waals surface area contributed by atoms with Crippen LogP contribution in [0.5, 0.6) is 0 Å². The molecule has 122 valence electrons. The molecule has 0 radical (unpaired) electrons. The maximum absolute atomic E-state index is 12.3. The lowest BCUT2D eigenvalue weighted by atomic mass is 9.83. The number of nitrogens with one attached hydrogen (secondary N) is 1. The van der Waals surface area contributed by atoms with Crippen molar-refractivity contribution in [3.8, 4) is 0 Å². The summed E-state index contributed by atoms with van der Waals surface area (Å²) in [7, 11) is 3.74. The molecule has 2 fully saturated rings. The zero-order chi connectivity index (χ0) is 15.3. The van der Waals surface area contributed by atoms with Crippen molar-refractivity contribution in [2.75, 3.05) is 33.8 Å². The van der Waals surface area contributed by atoms with E-state index >= 15 is 0 Å². The minimum Gasteiger partial charge on any atom is -0.468 e. The van der Waals surface area contributed by atoms with Crippen molar-refractivity contribution in [3.05, 3.63) is 0 Å². The zero-order valence-corrected chi connectivity index (χ0v) is 14.0. The second kappa shape index (κ2) is 7.59. The van der Waals surface area contributed by atoms with Gasteiger partial charge in [-0.3, -0.25) is 4.79 Å². The van der Waals surface area contributed by atoms with Crippen molar-refractivity contribution in [2.45, 2.75) is 57.4 Å². The van der Waals surface area contributed by atoms with Crippen molar-refractivity contribution in [2.24, 2.45) is 11.8 Å². The first-order valence-electron chi connectivity index (χ1n) is 8.64. The number of carbonyl (C=O) groups is 1. The van der Waals surface area contributed by atoms with Crippen LogP contribution in [0.25, 0.3) is 0 Å². The van der Waals surface area contributed by atoms with E-state index in [1.807, 2.05) is 0 Å². The van der Waals surface area contributed by atoms with Crippen molar-refractivity contribution >= 4 is 5.97 Å². The van der Waals surface area contributed by atoms with E-state index in [9.17, 15) is 4.79 Å². The number of carbonyl (C=O) groups excluding carboxylic acids is 1. The third-order valence-corrected chi connectivity index (χ3v) is 5.52. The maximum atomic E-state index is 12.3. The summed E-state index contributed by atoms with van der Waals surface area (Å²) in [5.41, 5.74) is -0.430. The predicted octanol–water partition coefficient (Wildman–Crippen LogP) is 2.43. The predicted molar refractivity (Wildman–Crippen MR) is 85.2 cm³/mol. The molecule has 0 heterocycles. The van der Waals surface area contributed by atoms with Crippen LogP contribution in [0.3, 0.4) is 0 Å². The van der Waals surface area contributed by atoms with E-state index in [2.05, 4.69) is 24.2 Å². The van der Waals surface area contributed by atoms with Crippen LogP contribution in [-0.2, 0) is 9.53 Å². The Morgan fingerprint density at radius 3 is 2.67 bits per heavy atom. The van der Waals surface area contributed by atoms with Gasteiger partial charge in [0.1, 0.15) is 5.54 Å². The van der Waals surface area contributed by atoms with Gasteiger partial charge in [-0.25, -0.2) is 0 Å². The molecular formula is C17H32N2O2. The Kier molecular flexibility index (Phi) is 6.06. The highest BCUT2D eigenvalue weighted by molar-refractivity contribution is 5.81. The number of ether oxygens (including phenoxy) is 1. The molecule has 0 amide bonds. The Hall–Kier alpha value is -0.610. The normalized spacial score (nSPS) is 29.6. The van der Waals surface area contributed by atoms with Crippen LogP contribution in [0.1, 0.15) is 51.9 Å². The minimum atomic E-state index is -0.430. The van der Waals surface area contributed by atoms with E-state index < -0.39 is 5.54 Å². The molecule has 0 aromatic heterocycles. The second-order valence-electron chi connectivity index (χ2n) is 6.93. The van der Waals surface area contributed by atoms with Crippen molar-refractivity contribution in [1.29, 1.82) is 0 Å². The van der Waals surface area contributed by atoms with Crippen LogP contribution in [-0.4, -0.2) is 50.2 Å². The number of methoxy groups -OCH3 is 1. The summed E-state index contributed by atoms with van der Waals surface area (Å²) in [6.45, 7) is 5.21. The lowest BCUT2D eigenvalue weighted by Crippen LogP contribution is -2.55. The van der Waals surface area contributed by atoms with E-state index in [1.54, 1.807) is 0 Å². The monoisotopic (exact) mass is 296 g/mol. The van der Waals surface area contributed by atoms with Crippen LogP contribution in [0.2, 0.25) is 0 Å². The number of likely N-dealkylation sites (N-methyl/N-ethyl adjacent to an activating group) is 1. The largest absolute Gasteiger partial charge is 0.468 e. The van der Waals surface area contributed by atoms with E-state index in [0.29, 0.717) is 5.92 Å². The zero-order valence-electron chi connectivity index (χ0n) is 14.0.